The predicted octanol–water partition coefficient (Wildman–Crippen LogP) is 2.47. The molecular formula is C21H30N4O5. The summed E-state index contributed by atoms with van der Waals surface area (Å²) in [5.41, 5.74) is 1.68. The van der Waals surface area contributed by atoms with Gasteiger partial charge in [0.2, 0.25) is 17.6 Å². The lowest BCUT2D eigenvalue weighted by molar-refractivity contribution is -0.147. The van der Waals surface area contributed by atoms with Crippen LogP contribution in [0.3, 0.4) is 0 Å². The number of nitrogens with one attached hydrogen (secondary N) is 2. The summed E-state index contributed by atoms with van der Waals surface area (Å²) in [4.78, 5) is 29.2. The van der Waals surface area contributed by atoms with Gasteiger partial charge in [-0.25, -0.2) is 5.48 Å². The summed E-state index contributed by atoms with van der Waals surface area (Å²) >= 11 is 0. The standard InChI is InChI=1S/C21H30N4O5/c1-12(2)11-14(15(26)19(28)24-29)18(27)22-16(21(3,4)5)20-23-17(25-30-20)13-9-7-6-8-10-13/h6-10,12,14-16,26,29H,11H2,1-5H3,(H,22,27)(H,24,28). The number of benzene rings is 1. The van der Waals surface area contributed by atoms with Crippen LogP contribution in [0.2, 0.25) is 0 Å². The number of hydrogen-bond acceptors (Lipinski definition) is 7. The second kappa shape index (κ2) is 9.82. The van der Waals surface area contributed by atoms with Crippen LogP contribution in [0.5, 0.6) is 0 Å². The van der Waals surface area contributed by atoms with Crippen LogP contribution in [-0.2, 0) is 9.59 Å². The first-order chi connectivity index (χ1) is 14.0. The van der Waals surface area contributed by atoms with Crippen LogP contribution in [0.15, 0.2) is 34.9 Å². The Hall–Kier alpha value is -2.78. The molecule has 2 rings (SSSR count). The van der Waals surface area contributed by atoms with Crippen molar-refractivity contribution in [2.24, 2.45) is 17.3 Å². The third-order valence-electron chi connectivity index (χ3n) is 4.70. The van der Waals surface area contributed by atoms with Gasteiger partial charge < -0.3 is 14.9 Å². The van der Waals surface area contributed by atoms with E-state index in [2.05, 4.69) is 15.5 Å². The zero-order chi connectivity index (χ0) is 22.5. The number of aliphatic hydroxyl groups excluding tert-OH is 1. The molecule has 30 heavy (non-hydrogen) atoms. The van der Waals surface area contributed by atoms with Gasteiger partial charge in [-0.2, -0.15) is 4.98 Å². The van der Waals surface area contributed by atoms with Gasteiger partial charge in [-0.3, -0.25) is 14.8 Å². The summed E-state index contributed by atoms with van der Waals surface area (Å²) in [7, 11) is 0. The smallest absolute Gasteiger partial charge is 0.272 e. The summed E-state index contributed by atoms with van der Waals surface area (Å²) in [6, 6.07) is 8.64. The molecule has 4 N–H and O–H groups in total. The van der Waals surface area contributed by atoms with E-state index in [1.54, 1.807) is 0 Å². The molecule has 2 aromatic rings. The first kappa shape index (κ1) is 23.5. The van der Waals surface area contributed by atoms with E-state index in [0.717, 1.165) is 5.56 Å². The molecule has 0 fully saturated rings. The number of hydroxylamine groups is 1. The minimum absolute atomic E-state index is 0.0306. The van der Waals surface area contributed by atoms with Gasteiger partial charge in [0, 0.05) is 5.56 Å². The number of nitrogens with zero attached hydrogens (tertiary/aromatic N) is 2. The molecule has 1 aromatic carbocycles. The van der Waals surface area contributed by atoms with E-state index >= 15 is 0 Å². The maximum Gasteiger partial charge on any atom is 0.272 e. The van der Waals surface area contributed by atoms with Gasteiger partial charge in [0.25, 0.3) is 5.91 Å². The molecule has 2 amide bonds. The Labute approximate surface area is 175 Å². The third kappa shape index (κ3) is 5.87. The topological polar surface area (TPSA) is 138 Å². The number of hydrogen-bond donors (Lipinski definition) is 4. The van der Waals surface area contributed by atoms with Crippen LogP contribution in [0.4, 0.5) is 0 Å². The highest BCUT2D eigenvalue weighted by Crippen LogP contribution is 2.33. The van der Waals surface area contributed by atoms with Crippen molar-refractivity contribution >= 4 is 11.8 Å². The van der Waals surface area contributed by atoms with Crippen molar-refractivity contribution in [1.29, 1.82) is 0 Å². The Morgan fingerprint density at radius 1 is 1.13 bits per heavy atom. The Balaban J connectivity index is 2.30. The summed E-state index contributed by atoms with van der Waals surface area (Å²) < 4.78 is 5.44. The maximum atomic E-state index is 13.0. The van der Waals surface area contributed by atoms with Crippen LogP contribution in [0.1, 0.15) is 53.0 Å². The molecule has 9 heteroatoms. The SMILES string of the molecule is CC(C)CC(C(=O)NC(c1nc(-c2ccccc2)no1)C(C)(C)C)C(O)C(=O)NO. The van der Waals surface area contributed by atoms with E-state index in [1.807, 2.05) is 65.0 Å². The molecule has 0 saturated heterocycles. The molecule has 0 aliphatic rings. The molecule has 0 aliphatic carbocycles. The van der Waals surface area contributed by atoms with Crippen LogP contribution in [0, 0.1) is 17.3 Å². The minimum Gasteiger partial charge on any atom is -0.382 e. The highest BCUT2D eigenvalue weighted by atomic mass is 16.5. The lowest BCUT2D eigenvalue weighted by Crippen LogP contribution is -2.48. The van der Waals surface area contributed by atoms with Gasteiger partial charge in [-0.05, 0) is 17.8 Å². The number of carbonyl (C=O) groups excluding carboxylic acids is 2. The highest BCUT2D eigenvalue weighted by molar-refractivity contribution is 5.88. The quantitative estimate of drug-likeness (QED) is 0.382. The fourth-order valence-electron chi connectivity index (χ4n) is 3.09. The molecule has 0 spiro atoms. The van der Waals surface area contributed by atoms with Crippen molar-refractivity contribution in [3.63, 3.8) is 0 Å². The van der Waals surface area contributed by atoms with Gasteiger partial charge in [-0.1, -0.05) is 70.1 Å². The molecule has 1 aromatic heterocycles. The Kier molecular flexibility index (Phi) is 7.69. The monoisotopic (exact) mass is 418 g/mol. The molecule has 1 heterocycles. The number of rotatable bonds is 8. The van der Waals surface area contributed by atoms with Gasteiger partial charge in [-0.15, -0.1) is 0 Å². The van der Waals surface area contributed by atoms with Crippen LogP contribution in [0.25, 0.3) is 11.4 Å². The van der Waals surface area contributed by atoms with Gasteiger partial charge in [0.1, 0.15) is 12.1 Å². The zero-order valence-electron chi connectivity index (χ0n) is 17.9. The first-order valence-electron chi connectivity index (χ1n) is 9.86. The maximum absolute atomic E-state index is 13.0. The van der Waals surface area contributed by atoms with Crippen LogP contribution >= 0.6 is 0 Å². The van der Waals surface area contributed by atoms with E-state index in [0.29, 0.717) is 5.82 Å². The zero-order valence-corrected chi connectivity index (χ0v) is 17.9. The second-order valence-corrected chi connectivity index (χ2v) is 8.79. The molecule has 0 aliphatic heterocycles. The van der Waals surface area contributed by atoms with Crippen molar-refractivity contribution in [2.45, 2.75) is 53.2 Å². The van der Waals surface area contributed by atoms with Crippen molar-refractivity contribution in [2.75, 3.05) is 0 Å². The van der Waals surface area contributed by atoms with Gasteiger partial charge in [0.15, 0.2) is 0 Å². The first-order valence-corrected chi connectivity index (χ1v) is 9.86. The van der Waals surface area contributed by atoms with Gasteiger partial charge >= 0.3 is 0 Å². The average molecular weight is 418 g/mol. The van der Waals surface area contributed by atoms with Crippen molar-refractivity contribution < 1.29 is 24.4 Å². The molecule has 0 radical (unpaired) electrons. The molecule has 164 valence electrons. The van der Waals surface area contributed by atoms with Crippen LogP contribution < -0.4 is 10.8 Å². The summed E-state index contributed by atoms with van der Waals surface area (Å²) in [6.45, 7) is 9.44. The molecule has 3 atom stereocenters. The minimum atomic E-state index is -1.69. The lowest BCUT2D eigenvalue weighted by Gasteiger charge is -2.31. The van der Waals surface area contributed by atoms with E-state index in [-0.39, 0.29) is 18.2 Å². The van der Waals surface area contributed by atoms with Crippen molar-refractivity contribution in [3.8, 4) is 11.4 Å². The van der Waals surface area contributed by atoms with E-state index in [9.17, 15) is 14.7 Å². The molecule has 3 unspecified atom stereocenters. The largest absolute Gasteiger partial charge is 0.382 e. The Morgan fingerprint density at radius 3 is 2.30 bits per heavy atom. The predicted molar refractivity (Wildman–Crippen MR) is 109 cm³/mol. The van der Waals surface area contributed by atoms with Crippen molar-refractivity contribution in [1.82, 2.24) is 20.9 Å². The fourth-order valence-corrected chi connectivity index (χ4v) is 3.09. The lowest BCUT2D eigenvalue weighted by atomic mass is 9.85. The molecular weight excluding hydrogens is 388 g/mol. The summed E-state index contributed by atoms with van der Waals surface area (Å²) in [5, 5.41) is 26.0. The summed E-state index contributed by atoms with van der Waals surface area (Å²) in [6.07, 6.45) is -1.45. The van der Waals surface area contributed by atoms with E-state index in [1.165, 1.54) is 5.48 Å². The Bertz CT molecular complexity index is 845. The number of carbonyl (C=O) groups is 2. The normalized spacial score (nSPS) is 14.8. The molecule has 0 saturated carbocycles. The van der Waals surface area contributed by atoms with Crippen LogP contribution in [-0.4, -0.2) is 38.4 Å². The summed E-state index contributed by atoms with van der Waals surface area (Å²) in [5.74, 6) is -1.99. The molecule has 9 nitrogen and oxygen atoms in total. The van der Waals surface area contributed by atoms with Gasteiger partial charge in [0.05, 0.1) is 5.92 Å². The highest BCUT2D eigenvalue weighted by Gasteiger charge is 2.38. The second-order valence-electron chi connectivity index (χ2n) is 8.79. The number of aliphatic hydroxyl groups is 1. The third-order valence-corrected chi connectivity index (χ3v) is 4.70. The molecule has 0 bridgehead atoms. The Morgan fingerprint density at radius 2 is 1.77 bits per heavy atom. The van der Waals surface area contributed by atoms with E-state index < -0.39 is 35.3 Å². The van der Waals surface area contributed by atoms with Crippen molar-refractivity contribution in [3.05, 3.63) is 36.2 Å². The number of aromatic nitrogens is 2. The fraction of sp³-hybridized carbons (Fsp3) is 0.524. The number of amides is 2. The van der Waals surface area contributed by atoms with E-state index in [4.69, 9.17) is 9.73 Å². The average Bonchev–Trinajstić information content (AvgIpc) is 3.18.